The Morgan fingerprint density at radius 3 is 2.79 bits per heavy atom. The summed E-state index contributed by atoms with van der Waals surface area (Å²) in [6, 6.07) is 5.94. The first kappa shape index (κ1) is 15.6. The van der Waals surface area contributed by atoms with E-state index in [0.717, 1.165) is 55.5 Å². The van der Waals surface area contributed by atoms with Gasteiger partial charge in [-0.1, -0.05) is 0 Å². The van der Waals surface area contributed by atoms with Crippen LogP contribution in [0.1, 0.15) is 33.0 Å². The van der Waals surface area contributed by atoms with Crippen LogP contribution in [-0.4, -0.2) is 37.2 Å². The van der Waals surface area contributed by atoms with E-state index >= 15 is 0 Å². The lowest BCUT2D eigenvalue weighted by Crippen LogP contribution is -2.36. The van der Waals surface area contributed by atoms with E-state index in [9.17, 15) is 4.79 Å². The first-order valence-electron chi connectivity index (χ1n) is 8.51. The summed E-state index contributed by atoms with van der Waals surface area (Å²) in [5, 5.41) is 2.96. The van der Waals surface area contributed by atoms with Crippen LogP contribution in [0.15, 0.2) is 24.4 Å². The third-order valence-electron chi connectivity index (χ3n) is 4.56. The Hall–Kier alpha value is -1.92. The van der Waals surface area contributed by atoms with Crippen molar-refractivity contribution < 1.29 is 9.53 Å². The van der Waals surface area contributed by atoms with Crippen LogP contribution < -0.4 is 10.2 Å². The molecule has 0 radical (unpaired) electrons. The highest BCUT2D eigenvalue weighted by atomic mass is 32.1. The number of rotatable bonds is 3. The van der Waals surface area contributed by atoms with Crippen molar-refractivity contribution in [2.24, 2.45) is 0 Å². The second kappa shape index (κ2) is 6.91. The van der Waals surface area contributed by atoms with Crippen molar-refractivity contribution in [1.29, 1.82) is 0 Å². The number of aromatic nitrogens is 1. The molecule has 2 aromatic heterocycles. The number of hydrogen-bond acceptors (Lipinski definition) is 5. The monoisotopic (exact) mass is 343 g/mol. The van der Waals surface area contributed by atoms with Crippen molar-refractivity contribution in [3.8, 4) is 0 Å². The minimum atomic E-state index is -0.0321. The number of hydrogen-bond donors (Lipinski definition) is 1. The maximum absolute atomic E-state index is 12.5. The Morgan fingerprint density at radius 2 is 2.04 bits per heavy atom. The van der Waals surface area contributed by atoms with Gasteiger partial charge in [0, 0.05) is 18.0 Å². The molecule has 0 aromatic carbocycles. The molecule has 6 heteroatoms. The predicted molar refractivity (Wildman–Crippen MR) is 96.2 cm³/mol. The lowest BCUT2D eigenvalue weighted by Gasteiger charge is -2.27. The van der Waals surface area contributed by atoms with Gasteiger partial charge in [-0.05, 0) is 49.4 Å². The molecule has 1 saturated heterocycles. The summed E-state index contributed by atoms with van der Waals surface area (Å²) in [5.74, 6) is 0.901. The molecule has 0 atom stereocenters. The highest BCUT2D eigenvalue weighted by molar-refractivity contribution is 7.14. The number of ether oxygens (including phenoxy) is 1. The normalized spacial score (nSPS) is 17.4. The second-order valence-electron chi connectivity index (χ2n) is 6.22. The highest BCUT2D eigenvalue weighted by Gasteiger charge is 2.18. The number of nitrogens with one attached hydrogen (secondary N) is 1. The zero-order valence-electron chi connectivity index (χ0n) is 13.6. The van der Waals surface area contributed by atoms with Crippen molar-refractivity contribution in [3.63, 3.8) is 0 Å². The zero-order valence-corrected chi connectivity index (χ0v) is 14.4. The number of anilines is 2. The maximum Gasteiger partial charge on any atom is 0.265 e. The van der Waals surface area contributed by atoms with Gasteiger partial charge >= 0.3 is 0 Å². The fraction of sp³-hybridized carbons (Fsp3) is 0.444. The van der Waals surface area contributed by atoms with Crippen LogP contribution >= 0.6 is 11.3 Å². The van der Waals surface area contributed by atoms with E-state index in [2.05, 4.69) is 21.3 Å². The summed E-state index contributed by atoms with van der Waals surface area (Å²) < 4.78 is 5.36. The van der Waals surface area contributed by atoms with Gasteiger partial charge in [-0.2, -0.15) is 0 Å². The summed E-state index contributed by atoms with van der Waals surface area (Å²) in [6.45, 7) is 3.20. The van der Waals surface area contributed by atoms with Crippen LogP contribution in [0, 0.1) is 0 Å². The van der Waals surface area contributed by atoms with Gasteiger partial charge in [-0.3, -0.25) is 4.79 Å². The van der Waals surface area contributed by atoms with Gasteiger partial charge in [-0.25, -0.2) is 4.98 Å². The average molecular weight is 343 g/mol. The first-order valence-corrected chi connectivity index (χ1v) is 9.33. The fourth-order valence-corrected chi connectivity index (χ4v) is 4.38. The van der Waals surface area contributed by atoms with Gasteiger partial charge in [0.05, 0.1) is 30.0 Å². The third kappa shape index (κ3) is 3.30. The Morgan fingerprint density at radius 1 is 1.21 bits per heavy atom. The van der Waals surface area contributed by atoms with E-state index in [1.165, 1.54) is 23.3 Å². The van der Waals surface area contributed by atoms with Gasteiger partial charge in [0.25, 0.3) is 5.91 Å². The number of nitrogens with zero attached hydrogens (tertiary/aromatic N) is 2. The van der Waals surface area contributed by atoms with Gasteiger partial charge in [-0.15, -0.1) is 11.3 Å². The van der Waals surface area contributed by atoms with Crippen molar-refractivity contribution in [2.75, 3.05) is 36.5 Å². The molecule has 2 aliphatic rings. The molecule has 0 unspecified atom stereocenters. The molecule has 0 spiro atoms. The summed E-state index contributed by atoms with van der Waals surface area (Å²) in [6.07, 6.45) is 6.42. The SMILES string of the molecule is O=C(Nc1ccc(N2CCOCC2)nc1)c1cc2c(s1)CCCC2. The van der Waals surface area contributed by atoms with Gasteiger partial charge < -0.3 is 15.0 Å². The molecule has 126 valence electrons. The van der Waals surface area contributed by atoms with Crippen LogP contribution in [0.5, 0.6) is 0 Å². The second-order valence-corrected chi connectivity index (χ2v) is 7.36. The van der Waals surface area contributed by atoms with E-state index in [1.54, 1.807) is 17.5 Å². The number of carbonyl (C=O) groups excluding carboxylic acids is 1. The maximum atomic E-state index is 12.5. The van der Waals surface area contributed by atoms with Crippen molar-refractivity contribution in [2.45, 2.75) is 25.7 Å². The lowest BCUT2D eigenvalue weighted by molar-refractivity contribution is 0.103. The Labute approximate surface area is 145 Å². The smallest absolute Gasteiger partial charge is 0.265 e. The minimum Gasteiger partial charge on any atom is -0.378 e. The average Bonchev–Trinajstić information content (AvgIpc) is 3.07. The number of carbonyl (C=O) groups is 1. The number of amides is 1. The highest BCUT2D eigenvalue weighted by Crippen LogP contribution is 2.30. The summed E-state index contributed by atoms with van der Waals surface area (Å²) in [4.78, 5) is 21.3. The van der Waals surface area contributed by atoms with Crippen LogP contribution in [0.25, 0.3) is 0 Å². The molecular formula is C18H21N3O2S. The summed E-state index contributed by atoms with van der Waals surface area (Å²) in [5.41, 5.74) is 2.10. The lowest BCUT2D eigenvalue weighted by atomic mass is 9.99. The van der Waals surface area contributed by atoms with Crippen molar-refractivity contribution >= 4 is 28.7 Å². The van der Waals surface area contributed by atoms with E-state index in [1.807, 2.05) is 12.1 Å². The molecule has 3 heterocycles. The number of fused-ring (bicyclic) bond motifs is 1. The molecule has 4 rings (SSSR count). The number of thiophene rings is 1. The molecule has 5 nitrogen and oxygen atoms in total. The van der Waals surface area contributed by atoms with Crippen LogP contribution in [-0.2, 0) is 17.6 Å². The van der Waals surface area contributed by atoms with E-state index in [0.29, 0.717) is 0 Å². The van der Waals surface area contributed by atoms with E-state index in [-0.39, 0.29) is 5.91 Å². The summed E-state index contributed by atoms with van der Waals surface area (Å²) >= 11 is 1.63. The molecule has 1 aliphatic heterocycles. The largest absolute Gasteiger partial charge is 0.378 e. The van der Waals surface area contributed by atoms with Crippen LogP contribution in [0.2, 0.25) is 0 Å². The molecule has 24 heavy (non-hydrogen) atoms. The summed E-state index contributed by atoms with van der Waals surface area (Å²) in [7, 11) is 0. The standard InChI is InChI=1S/C18H21N3O2S/c22-18(16-11-13-3-1-2-4-15(13)24-16)20-14-5-6-17(19-12-14)21-7-9-23-10-8-21/h5-6,11-12H,1-4,7-10H2,(H,20,22). The quantitative estimate of drug-likeness (QED) is 0.930. The van der Waals surface area contributed by atoms with Crippen LogP contribution in [0.4, 0.5) is 11.5 Å². The third-order valence-corrected chi connectivity index (χ3v) is 5.80. The van der Waals surface area contributed by atoms with E-state index in [4.69, 9.17) is 4.74 Å². The van der Waals surface area contributed by atoms with E-state index < -0.39 is 0 Å². The molecule has 1 fully saturated rings. The zero-order chi connectivity index (χ0) is 16.4. The Bertz CT molecular complexity index is 697. The Balaban J connectivity index is 1.42. The van der Waals surface area contributed by atoms with Gasteiger partial charge in [0.2, 0.25) is 0 Å². The Kier molecular flexibility index (Phi) is 4.49. The molecule has 0 bridgehead atoms. The van der Waals surface area contributed by atoms with Gasteiger partial charge in [0.1, 0.15) is 5.82 Å². The minimum absolute atomic E-state index is 0.0321. The molecule has 1 aliphatic carbocycles. The topological polar surface area (TPSA) is 54.5 Å². The number of aryl methyl sites for hydroxylation is 2. The molecule has 2 aromatic rings. The number of pyridine rings is 1. The van der Waals surface area contributed by atoms with Crippen molar-refractivity contribution in [1.82, 2.24) is 4.98 Å². The fourth-order valence-electron chi connectivity index (χ4n) is 3.23. The molecular weight excluding hydrogens is 322 g/mol. The van der Waals surface area contributed by atoms with Gasteiger partial charge in [0.15, 0.2) is 0 Å². The molecule has 1 N–H and O–H groups in total. The predicted octanol–water partition coefficient (Wildman–Crippen LogP) is 3.11. The van der Waals surface area contributed by atoms with Crippen molar-refractivity contribution in [3.05, 3.63) is 39.7 Å². The first-order chi connectivity index (χ1) is 11.8. The number of morpholine rings is 1. The molecule has 0 saturated carbocycles. The molecule has 1 amide bonds. The van der Waals surface area contributed by atoms with Crippen LogP contribution in [0.3, 0.4) is 0 Å².